The summed E-state index contributed by atoms with van der Waals surface area (Å²) in [4.78, 5) is 13.9. The fourth-order valence-electron chi connectivity index (χ4n) is 3.54. The second kappa shape index (κ2) is 6.76. The summed E-state index contributed by atoms with van der Waals surface area (Å²) in [5.41, 5.74) is 5.06. The summed E-state index contributed by atoms with van der Waals surface area (Å²) in [7, 11) is -3.70. The lowest BCUT2D eigenvalue weighted by atomic mass is 10.1. The van der Waals surface area contributed by atoms with Gasteiger partial charge in [0.25, 0.3) is 10.0 Å². The van der Waals surface area contributed by atoms with Crippen molar-refractivity contribution in [2.75, 3.05) is 16.2 Å². The van der Waals surface area contributed by atoms with Crippen molar-refractivity contribution >= 4 is 27.3 Å². The molecule has 138 valence electrons. The van der Waals surface area contributed by atoms with Gasteiger partial charge in [-0.15, -0.1) is 0 Å². The maximum absolute atomic E-state index is 12.8. The van der Waals surface area contributed by atoms with Gasteiger partial charge in [-0.25, -0.2) is 8.42 Å². The van der Waals surface area contributed by atoms with E-state index in [1.165, 1.54) is 0 Å². The van der Waals surface area contributed by atoms with Crippen molar-refractivity contribution in [3.8, 4) is 0 Å². The molecule has 1 fully saturated rings. The van der Waals surface area contributed by atoms with E-state index >= 15 is 0 Å². The zero-order valence-corrected chi connectivity index (χ0v) is 16.4. The summed E-state index contributed by atoms with van der Waals surface area (Å²) < 4.78 is 28.4. The summed E-state index contributed by atoms with van der Waals surface area (Å²) in [6.07, 6.45) is 1.39. The van der Waals surface area contributed by atoms with E-state index in [4.69, 9.17) is 0 Å². The summed E-state index contributed by atoms with van der Waals surface area (Å²) in [5, 5.41) is 0. The minimum atomic E-state index is -3.70. The largest absolute Gasteiger partial charge is 0.312 e. The minimum Gasteiger partial charge on any atom is -0.312 e. The summed E-state index contributed by atoms with van der Waals surface area (Å²) in [5.74, 6) is 0.0905. The first-order chi connectivity index (χ1) is 12.2. The normalized spacial score (nSPS) is 14.8. The van der Waals surface area contributed by atoms with Gasteiger partial charge in [-0.2, -0.15) is 0 Å². The fourth-order valence-corrected chi connectivity index (χ4v) is 4.82. The first-order valence-electron chi connectivity index (χ1n) is 8.71. The highest BCUT2D eigenvalue weighted by molar-refractivity contribution is 7.92. The molecule has 5 nitrogen and oxygen atoms in total. The van der Waals surface area contributed by atoms with Gasteiger partial charge in [0.2, 0.25) is 5.91 Å². The Bertz CT molecular complexity index is 958. The van der Waals surface area contributed by atoms with E-state index in [-0.39, 0.29) is 10.8 Å². The Morgan fingerprint density at radius 3 is 2.15 bits per heavy atom. The Balaban J connectivity index is 1.93. The standard InChI is InChI=1S/C20H24N2O3S/c1-13-10-15(3)20(16(4)11-13)21-26(24,25)17-7-8-18(14(2)12-17)22-9-5-6-19(22)23/h7-8,10-12,21H,5-6,9H2,1-4H3. The van der Waals surface area contributed by atoms with E-state index in [2.05, 4.69) is 4.72 Å². The van der Waals surface area contributed by atoms with Crippen molar-refractivity contribution in [3.05, 3.63) is 52.6 Å². The smallest absolute Gasteiger partial charge is 0.261 e. The number of nitrogens with zero attached hydrogens (tertiary/aromatic N) is 1. The van der Waals surface area contributed by atoms with Gasteiger partial charge in [-0.3, -0.25) is 9.52 Å². The monoisotopic (exact) mass is 372 g/mol. The second-order valence-electron chi connectivity index (χ2n) is 6.98. The van der Waals surface area contributed by atoms with Crippen LogP contribution in [0, 0.1) is 27.7 Å². The van der Waals surface area contributed by atoms with Gasteiger partial charge >= 0.3 is 0 Å². The molecule has 0 aliphatic carbocycles. The Morgan fingerprint density at radius 2 is 1.62 bits per heavy atom. The lowest BCUT2D eigenvalue weighted by Gasteiger charge is -2.19. The highest BCUT2D eigenvalue weighted by atomic mass is 32.2. The summed E-state index contributed by atoms with van der Waals surface area (Å²) in [6, 6.07) is 8.83. The molecular weight excluding hydrogens is 348 g/mol. The van der Waals surface area contributed by atoms with Crippen LogP contribution in [0.2, 0.25) is 0 Å². The molecule has 3 rings (SSSR count). The van der Waals surface area contributed by atoms with Crippen molar-refractivity contribution in [1.29, 1.82) is 0 Å². The van der Waals surface area contributed by atoms with Gasteiger partial charge in [-0.1, -0.05) is 17.7 Å². The molecule has 1 heterocycles. The number of aryl methyl sites for hydroxylation is 4. The Kier molecular flexibility index (Phi) is 4.80. The number of anilines is 2. The number of hydrogen-bond acceptors (Lipinski definition) is 3. The SMILES string of the molecule is Cc1cc(C)c(NS(=O)(=O)c2ccc(N3CCCC3=O)c(C)c2)c(C)c1. The number of amides is 1. The van der Waals surface area contributed by atoms with Gasteiger partial charge < -0.3 is 4.90 Å². The average Bonchev–Trinajstić information content (AvgIpc) is 2.96. The number of hydrogen-bond donors (Lipinski definition) is 1. The highest BCUT2D eigenvalue weighted by Gasteiger charge is 2.24. The molecule has 1 saturated heterocycles. The first-order valence-corrected chi connectivity index (χ1v) is 10.2. The molecule has 1 aliphatic rings. The molecule has 0 bridgehead atoms. The third kappa shape index (κ3) is 3.46. The van der Waals surface area contributed by atoms with Crippen LogP contribution in [0.3, 0.4) is 0 Å². The van der Waals surface area contributed by atoms with Crippen LogP contribution in [-0.4, -0.2) is 20.9 Å². The molecule has 0 radical (unpaired) electrons. The Hall–Kier alpha value is -2.34. The number of carbonyl (C=O) groups excluding carboxylic acids is 1. The van der Waals surface area contributed by atoms with Crippen LogP contribution in [0.25, 0.3) is 0 Å². The highest BCUT2D eigenvalue weighted by Crippen LogP contribution is 2.29. The number of nitrogens with one attached hydrogen (secondary N) is 1. The molecule has 2 aromatic rings. The van der Waals surface area contributed by atoms with E-state index in [1.54, 1.807) is 23.1 Å². The first kappa shape index (κ1) is 18.5. The lowest BCUT2D eigenvalue weighted by Crippen LogP contribution is -2.24. The molecule has 26 heavy (non-hydrogen) atoms. The molecule has 0 spiro atoms. The van der Waals surface area contributed by atoms with Crippen LogP contribution < -0.4 is 9.62 Å². The van der Waals surface area contributed by atoms with Crippen LogP contribution in [0.1, 0.15) is 35.1 Å². The quantitative estimate of drug-likeness (QED) is 0.886. The van der Waals surface area contributed by atoms with Crippen molar-refractivity contribution in [3.63, 3.8) is 0 Å². The van der Waals surface area contributed by atoms with E-state index < -0.39 is 10.0 Å². The molecule has 0 saturated carbocycles. The number of carbonyl (C=O) groups is 1. The minimum absolute atomic E-state index is 0.0905. The second-order valence-corrected chi connectivity index (χ2v) is 8.66. The van der Waals surface area contributed by atoms with Crippen LogP contribution in [-0.2, 0) is 14.8 Å². The van der Waals surface area contributed by atoms with E-state index in [0.717, 1.165) is 34.4 Å². The third-order valence-electron chi connectivity index (χ3n) is 4.76. The molecule has 2 aromatic carbocycles. The lowest BCUT2D eigenvalue weighted by molar-refractivity contribution is -0.117. The molecule has 1 N–H and O–H groups in total. The van der Waals surface area contributed by atoms with Gasteiger partial charge in [0.15, 0.2) is 0 Å². The topological polar surface area (TPSA) is 66.5 Å². The molecule has 0 aromatic heterocycles. The third-order valence-corrected chi connectivity index (χ3v) is 6.10. The Labute approximate surface area is 155 Å². The van der Waals surface area contributed by atoms with Gasteiger partial charge in [0, 0.05) is 18.7 Å². The average molecular weight is 372 g/mol. The maximum Gasteiger partial charge on any atom is 0.261 e. The van der Waals surface area contributed by atoms with E-state index in [0.29, 0.717) is 18.7 Å². The van der Waals surface area contributed by atoms with Gasteiger partial charge in [-0.05, 0) is 69.0 Å². The fraction of sp³-hybridized carbons (Fsp3) is 0.350. The summed E-state index contributed by atoms with van der Waals surface area (Å²) >= 11 is 0. The molecule has 6 heteroatoms. The predicted molar refractivity (Wildman–Crippen MR) is 104 cm³/mol. The van der Waals surface area contributed by atoms with Crippen LogP contribution >= 0.6 is 0 Å². The molecular formula is C20H24N2O3S. The zero-order chi connectivity index (χ0) is 19.1. The van der Waals surface area contributed by atoms with Crippen LogP contribution in [0.15, 0.2) is 35.2 Å². The van der Waals surface area contributed by atoms with E-state index in [1.807, 2.05) is 39.8 Å². The van der Waals surface area contributed by atoms with Crippen molar-refractivity contribution in [2.45, 2.75) is 45.4 Å². The van der Waals surface area contributed by atoms with Crippen molar-refractivity contribution in [2.24, 2.45) is 0 Å². The van der Waals surface area contributed by atoms with Gasteiger partial charge in [0.05, 0.1) is 10.6 Å². The molecule has 1 amide bonds. The predicted octanol–water partition coefficient (Wildman–Crippen LogP) is 3.85. The van der Waals surface area contributed by atoms with Crippen LogP contribution in [0.5, 0.6) is 0 Å². The number of benzene rings is 2. The number of sulfonamides is 1. The van der Waals surface area contributed by atoms with Gasteiger partial charge in [0.1, 0.15) is 0 Å². The van der Waals surface area contributed by atoms with E-state index in [9.17, 15) is 13.2 Å². The molecule has 1 aliphatic heterocycles. The van der Waals surface area contributed by atoms with Crippen molar-refractivity contribution < 1.29 is 13.2 Å². The maximum atomic E-state index is 12.8. The summed E-state index contributed by atoms with van der Waals surface area (Å²) in [6.45, 7) is 8.30. The number of rotatable bonds is 4. The van der Waals surface area contributed by atoms with Crippen LogP contribution in [0.4, 0.5) is 11.4 Å². The molecule has 0 unspecified atom stereocenters. The van der Waals surface area contributed by atoms with Crippen molar-refractivity contribution in [1.82, 2.24) is 0 Å². The molecule has 0 atom stereocenters. The zero-order valence-electron chi connectivity index (χ0n) is 15.6. The Morgan fingerprint density at radius 1 is 0.962 bits per heavy atom.